The average Bonchev–Trinajstić information content (AvgIpc) is 3.34. The van der Waals surface area contributed by atoms with E-state index in [1.807, 2.05) is 41.8 Å². The molecule has 6 rings (SSSR count). The zero-order valence-corrected chi connectivity index (χ0v) is 18.6. The van der Waals surface area contributed by atoms with Crippen LogP contribution in [0.5, 0.6) is 0 Å². The number of nitrogens with one attached hydrogen (secondary N) is 1. The van der Waals surface area contributed by atoms with Crippen LogP contribution in [0.4, 0.5) is 0 Å². The summed E-state index contributed by atoms with van der Waals surface area (Å²) in [5.74, 6) is 1.46. The third-order valence-corrected chi connectivity index (χ3v) is 8.08. The molecule has 4 heterocycles. The molecule has 0 atom stereocenters. The number of H-pyrrole nitrogens is 1. The Morgan fingerprint density at radius 1 is 1.10 bits per heavy atom. The van der Waals surface area contributed by atoms with E-state index in [0.29, 0.717) is 32.9 Å². The number of aromatic nitrogens is 4. The largest absolute Gasteiger partial charge is 0.309 e. The topological polar surface area (TPSA) is 80.6 Å². The summed E-state index contributed by atoms with van der Waals surface area (Å²) in [5, 5.41) is 5.29. The van der Waals surface area contributed by atoms with Crippen molar-refractivity contribution >= 4 is 54.9 Å². The minimum Gasteiger partial charge on any atom is -0.309 e. The van der Waals surface area contributed by atoms with Gasteiger partial charge >= 0.3 is 0 Å². The highest BCUT2D eigenvalue weighted by molar-refractivity contribution is 7.98. The van der Waals surface area contributed by atoms with Gasteiger partial charge in [-0.3, -0.25) is 14.2 Å². The number of para-hydroxylation sites is 1. The fourth-order valence-corrected chi connectivity index (χ4v) is 6.38. The van der Waals surface area contributed by atoms with Gasteiger partial charge in [0.2, 0.25) is 0 Å². The van der Waals surface area contributed by atoms with Crippen molar-refractivity contribution in [2.24, 2.45) is 0 Å². The molecule has 6 nitrogen and oxygen atoms in total. The molecule has 9 heteroatoms. The molecule has 0 aliphatic heterocycles. The molecule has 1 saturated carbocycles. The quantitative estimate of drug-likeness (QED) is 0.295. The lowest BCUT2D eigenvalue weighted by atomic mass is 10.1. The van der Waals surface area contributed by atoms with Crippen molar-refractivity contribution in [3.05, 3.63) is 79.3 Å². The molecule has 4 aromatic heterocycles. The maximum Gasteiger partial charge on any atom is 0.268 e. The lowest BCUT2D eigenvalue weighted by molar-refractivity contribution is 0.819. The third-order valence-electron chi connectivity index (χ3n) is 5.34. The lowest BCUT2D eigenvalue weighted by Crippen LogP contribution is -2.22. The number of fused-ring (bicyclic) bond motifs is 2. The predicted octanol–water partition coefficient (Wildman–Crippen LogP) is 4.91. The lowest BCUT2D eigenvalue weighted by Gasteiger charge is -2.12. The van der Waals surface area contributed by atoms with Gasteiger partial charge in [0.25, 0.3) is 11.1 Å². The highest BCUT2D eigenvalue weighted by Gasteiger charge is 2.29. The molecule has 0 spiro atoms. The highest BCUT2D eigenvalue weighted by Crippen LogP contribution is 2.44. The van der Waals surface area contributed by atoms with Crippen LogP contribution < -0.4 is 11.1 Å². The summed E-state index contributed by atoms with van der Waals surface area (Å²) in [6, 6.07) is 11.4. The Balaban J connectivity index is 1.46. The summed E-state index contributed by atoms with van der Waals surface area (Å²) in [4.78, 5) is 39.0. The average molecular weight is 465 g/mol. The van der Waals surface area contributed by atoms with Crippen LogP contribution in [0.25, 0.3) is 26.1 Å². The van der Waals surface area contributed by atoms with E-state index in [2.05, 4.69) is 15.3 Å². The Kier molecular flexibility index (Phi) is 4.55. The second-order valence-corrected chi connectivity index (χ2v) is 10.2. The molecule has 0 saturated heterocycles. The van der Waals surface area contributed by atoms with Gasteiger partial charge in [-0.1, -0.05) is 30.0 Å². The summed E-state index contributed by atoms with van der Waals surface area (Å²) >= 11 is 4.32. The molecule has 0 unspecified atom stereocenters. The van der Waals surface area contributed by atoms with Gasteiger partial charge in [-0.25, -0.2) is 9.97 Å². The number of hydrogen-bond acceptors (Lipinski definition) is 7. The van der Waals surface area contributed by atoms with Crippen molar-refractivity contribution in [3.63, 3.8) is 0 Å². The molecular formula is C22H16N4O2S3. The molecule has 5 aromatic rings. The predicted molar refractivity (Wildman–Crippen MR) is 127 cm³/mol. The Morgan fingerprint density at radius 2 is 1.94 bits per heavy atom. The van der Waals surface area contributed by atoms with Gasteiger partial charge in [0.1, 0.15) is 15.4 Å². The van der Waals surface area contributed by atoms with Crippen LogP contribution in [0.2, 0.25) is 0 Å². The summed E-state index contributed by atoms with van der Waals surface area (Å²) in [6.07, 6.45) is 2.27. The zero-order valence-electron chi connectivity index (χ0n) is 16.2. The van der Waals surface area contributed by atoms with Gasteiger partial charge in [0, 0.05) is 0 Å². The Morgan fingerprint density at radius 3 is 2.74 bits per heavy atom. The van der Waals surface area contributed by atoms with Gasteiger partial charge in [-0.15, -0.1) is 22.7 Å². The highest BCUT2D eigenvalue weighted by atomic mass is 32.2. The minimum absolute atomic E-state index is 0.0309. The van der Waals surface area contributed by atoms with E-state index in [1.54, 1.807) is 4.57 Å². The summed E-state index contributed by atoms with van der Waals surface area (Å²) in [6.45, 7) is 0. The van der Waals surface area contributed by atoms with Crippen molar-refractivity contribution < 1.29 is 0 Å². The molecule has 154 valence electrons. The van der Waals surface area contributed by atoms with Crippen LogP contribution >= 0.6 is 34.4 Å². The number of rotatable bonds is 5. The van der Waals surface area contributed by atoms with Crippen molar-refractivity contribution in [2.45, 2.75) is 29.7 Å². The zero-order chi connectivity index (χ0) is 20.9. The minimum atomic E-state index is -0.133. The van der Waals surface area contributed by atoms with Gasteiger partial charge in [-0.2, -0.15) is 0 Å². The normalized spacial score (nSPS) is 13.9. The van der Waals surface area contributed by atoms with E-state index in [-0.39, 0.29) is 11.1 Å². The molecule has 0 amide bonds. The van der Waals surface area contributed by atoms with Crippen LogP contribution in [-0.4, -0.2) is 19.5 Å². The van der Waals surface area contributed by atoms with Crippen LogP contribution in [0.15, 0.2) is 61.9 Å². The number of thioether (sulfide) groups is 1. The number of hydrogen-bond donors (Lipinski definition) is 1. The second-order valence-electron chi connectivity index (χ2n) is 7.45. The van der Waals surface area contributed by atoms with E-state index in [1.165, 1.54) is 34.4 Å². The summed E-state index contributed by atoms with van der Waals surface area (Å²) in [5.41, 5.74) is 2.45. The molecule has 31 heavy (non-hydrogen) atoms. The van der Waals surface area contributed by atoms with Crippen molar-refractivity contribution in [2.75, 3.05) is 0 Å². The monoisotopic (exact) mass is 464 g/mol. The molecule has 1 aliphatic carbocycles. The SMILES string of the molecule is O=c1[nH]c(CSc2nc3scc(C4CC4)c3c(=O)n2-c2ccccc2)nc2ccsc12. The Labute approximate surface area is 188 Å². The summed E-state index contributed by atoms with van der Waals surface area (Å²) in [7, 11) is 0. The van der Waals surface area contributed by atoms with Crippen LogP contribution in [0.3, 0.4) is 0 Å². The van der Waals surface area contributed by atoms with Crippen LogP contribution in [-0.2, 0) is 5.75 Å². The smallest absolute Gasteiger partial charge is 0.268 e. The second kappa shape index (κ2) is 7.44. The van der Waals surface area contributed by atoms with Gasteiger partial charge in [0.05, 0.1) is 22.3 Å². The first-order chi connectivity index (χ1) is 15.2. The van der Waals surface area contributed by atoms with Crippen LogP contribution in [0.1, 0.15) is 30.1 Å². The van der Waals surface area contributed by atoms with E-state index in [0.717, 1.165) is 34.3 Å². The summed E-state index contributed by atoms with van der Waals surface area (Å²) < 4.78 is 2.31. The number of aromatic amines is 1. The maximum absolute atomic E-state index is 13.6. The molecule has 1 aromatic carbocycles. The molecule has 0 radical (unpaired) electrons. The van der Waals surface area contributed by atoms with E-state index < -0.39 is 0 Å². The number of nitrogens with zero attached hydrogens (tertiary/aromatic N) is 3. The molecular weight excluding hydrogens is 448 g/mol. The van der Waals surface area contributed by atoms with Crippen LogP contribution in [0, 0.1) is 0 Å². The maximum atomic E-state index is 13.6. The fraction of sp³-hybridized carbons (Fsp3) is 0.182. The Hall–Kier alpha value is -2.75. The standard InChI is InChI=1S/C22H16N4O2S3/c27-19-18-15(8-9-29-18)23-16(24-19)11-31-22-25-20-17(14(10-30-20)12-6-7-12)21(28)26(22)13-4-2-1-3-5-13/h1-5,8-10,12H,6-7,11H2,(H,23,24,27). The first kappa shape index (κ1) is 19.0. The number of benzene rings is 1. The van der Waals surface area contributed by atoms with Gasteiger partial charge in [-0.05, 0) is 53.3 Å². The molecule has 1 aliphatic rings. The number of thiophene rings is 2. The third kappa shape index (κ3) is 3.33. The fourth-order valence-electron chi connectivity index (χ4n) is 3.71. The van der Waals surface area contributed by atoms with E-state index in [4.69, 9.17) is 4.98 Å². The molecule has 1 fully saturated rings. The van der Waals surface area contributed by atoms with E-state index >= 15 is 0 Å². The molecule has 0 bridgehead atoms. The van der Waals surface area contributed by atoms with Crippen molar-refractivity contribution in [1.29, 1.82) is 0 Å². The first-order valence-electron chi connectivity index (χ1n) is 9.88. The van der Waals surface area contributed by atoms with Crippen molar-refractivity contribution in [3.8, 4) is 5.69 Å². The first-order valence-corrected chi connectivity index (χ1v) is 12.6. The van der Waals surface area contributed by atoms with Crippen molar-refractivity contribution in [1.82, 2.24) is 19.5 Å². The van der Waals surface area contributed by atoms with Gasteiger partial charge in [0.15, 0.2) is 5.16 Å². The van der Waals surface area contributed by atoms with E-state index in [9.17, 15) is 9.59 Å². The molecule has 1 N–H and O–H groups in total. The Bertz CT molecular complexity index is 1540. The van der Waals surface area contributed by atoms with Gasteiger partial charge < -0.3 is 4.98 Å².